The first-order valence-electron chi connectivity index (χ1n) is 7.34. The van der Waals surface area contributed by atoms with Crippen LogP contribution in [0.15, 0.2) is 18.2 Å². The zero-order chi connectivity index (χ0) is 14.5. The van der Waals surface area contributed by atoms with Crippen molar-refractivity contribution in [1.29, 1.82) is 0 Å². The number of amides is 1. The Morgan fingerprint density at radius 1 is 1.40 bits per heavy atom. The lowest BCUT2D eigenvalue weighted by molar-refractivity contribution is -0.124. The molecule has 2 rings (SSSR count). The second-order valence-electron chi connectivity index (χ2n) is 5.75. The number of anilines is 2. The summed E-state index contributed by atoms with van der Waals surface area (Å²) in [5, 5.41) is 2.80. The summed E-state index contributed by atoms with van der Waals surface area (Å²) in [6.07, 6.45) is 4.93. The van der Waals surface area contributed by atoms with Gasteiger partial charge in [-0.3, -0.25) is 4.79 Å². The fraction of sp³-hybridized carbons (Fsp3) is 0.562. The first kappa shape index (κ1) is 14.9. The molecule has 0 bridgehead atoms. The van der Waals surface area contributed by atoms with E-state index in [1.807, 2.05) is 25.1 Å². The minimum atomic E-state index is -0.140. The predicted molar refractivity (Wildman–Crippen MR) is 81.6 cm³/mol. The Bertz CT molecular complexity index is 474. The molecule has 0 spiro atoms. The van der Waals surface area contributed by atoms with Gasteiger partial charge in [0.2, 0.25) is 5.91 Å². The maximum atomic E-state index is 11.9. The number of carbonyl (C=O) groups is 1. The Balaban J connectivity index is 1.83. The highest BCUT2D eigenvalue weighted by molar-refractivity contribution is 5.94. The quantitative estimate of drug-likeness (QED) is 0.830. The SMILES string of the molecule is Cc1ccc(NC(=O)COC2CCCCC2C)c(N)c1. The van der Waals surface area contributed by atoms with Crippen molar-refractivity contribution < 1.29 is 9.53 Å². The molecular weight excluding hydrogens is 252 g/mol. The van der Waals surface area contributed by atoms with Crippen LogP contribution in [0.5, 0.6) is 0 Å². The molecule has 1 amide bonds. The van der Waals surface area contributed by atoms with Gasteiger partial charge in [0, 0.05) is 0 Å². The van der Waals surface area contributed by atoms with Gasteiger partial charge in [0.1, 0.15) is 6.61 Å². The summed E-state index contributed by atoms with van der Waals surface area (Å²) < 4.78 is 5.74. The van der Waals surface area contributed by atoms with E-state index in [1.54, 1.807) is 0 Å². The molecule has 20 heavy (non-hydrogen) atoms. The van der Waals surface area contributed by atoms with Crippen molar-refractivity contribution in [2.24, 2.45) is 5.92 Å². The van der Waals surface area contributed by atoms with Crippen LogP contribution in [-0.4, -0.2) is 18.6 Å². The lowest BCUT2D eigenvalue weighted by atomic mass is 9.88. The topological polar surface area (TPSA) is 64.3 Å². The number of benzene rings is 1. The van der Waals surface area contributed by atoms with Crippen molar-refractivity contribution in [2.75, 3.05) is 17.7 Å². The van der Waals surface area contributed by atoms with Gasteiger partial charge in [-0.15, -0.1) is 0 Å². The van der Waals surface area contributed by atoms with Crippen molar-refractivity contribution in [3.63, 3.8) is 0 Å². The first-order chi connectivity index (χ1) is 9.56. The largest absolute Gasteiger partial charge is 0.397 e. The number of nitrogens with two attached hydrogens (primary N) is 1. The van der Waals surface area contributed by atoms with Crippen LogP contribution in [0, 0.1) is 12.8 Å². The van der Waals surface area contributed by atoms with Gasteiger partial charge in [0.25, 0.3) is 0 Å². The van der Waals surface area contributed by atoms with Crippen LogP contribution in [0.2, 0.25) is 0 Å². The van der Waals surface area contributed by atoms with Gasteiger partial charge in [0.05, 0.1) is 17.5 Å². The van der Waals surface area contributed by atoms with E-state index in [0.717, 1.165) is 12.0 Å². The summed E-state index contributed by atoms with van der Waals surface area (Å²) in [6, 6.07) is 5.60. The van der Waals surface area contributed by atoms with Gasteiger partial charge in [-0.05, 0) is 43.4 Å². The third-order valence-corrected chi connectivity index (χ3v) is 3.94. The lowest BCUT2D eigenvalue weighted by Crippen LogP contribution is -2.29. The van der Waals surface area contributed by atoms with E-state index in [1.165, 1.54) is 19.3 Å². The van der Waals surface area contributed by atoms with Crippen LogP contribution >= 0.6 is 0 Å². The molecule has 110 valence electrons. The summed E-state index contributed by atoms with van der Waals surface area (Å²) >= 11 is 0. The summed E-state index contributed by atoms with van der Waals surface area (Å²) in [6.45, 7) is 4.26. The van der Waals surface area contributed by atoms with Crippen molar-refractivity contribution in [1.82, 2.24) is 0 Å². The molecule has 1 saturated carbocycles. The highest BCUT2D eigenvalue weighted by atomic mass is 16.5. The number of carbonyl (C=O) groups excluding carboxylic acids is 1. The van der Waals surface area contributed by atoms with Crippen molar-refractivity contribution in [3.05, 3.63) is 23.8 Å². The molecule has 0 aliphatic heterocycles. The molecule has 1 fully saturated rings. The molecule has 1 aromatic carbocycles. The molecule has 0 heterocycles. The number of ether oxygens (including phenoxy) is 1. The van der Waals surface area contributed by atoms with Crippen molar-refractivity contribution in [2.45, 2.75) is 45.6 Å². The highest BCUT2D eigenvalue weighted by Crippen LogP contribution is 2.26. The molecule has 4 heteroatoms. The molecule has 2 unspecified atom stereocenters. The van der Waals surface area contributed by atoms with Gasteiger partial charge in [0.15, 0.2) is 0 Å². The van der Waals surface area contributed by atoms with Gasteiger partial charge in [-0.2, -0.15) is 0 Å². The standard InChI is InChI=1S/C16H24N2O2/c1-11-7-8-14(13(17)9-11)18-16(19)10-20-15-6-4-3-5-12(15)2/h7-9,12,15H,3-6,10,17H2,1-2H3,(H,18,19). The van der Waals surface area contributed by atoms with Crippen molar-refractivity contribution in [3.8, 4) is 0 Å². The summed E-state index contributed by atoms with van der Waals surface area (Å²) in [5.74, 6) is 0.402. The maximum absolute atomic E-state index is 11.9. The lowest BCUT2D eigenvalue weighted by Gasteiger charge is -2.28. The average molecular weight is 276 g/mol. The molecule has 4 nitrogen and oxygen atoms in total. The number of nitrogens with one attached hydrogen (secondary N) is 1. The molecular formula is C16H24N2O2. The van der Waals surface area contributed by atoms with E-state index < -0.39 is 0 Å². The maximum Gasteiger partial charge on any atom is 0.250 e. The molecule has 1 aromatic rings. The molecule has 0 radical (unpaired) electrons. The third kappa shape index (κ3) is 3.97. The fourth-order valence-corrected chi connectivity index (χ4v) is 2.69. The minimum absolute atomic E-state index is 0.0995. The Kier molecular flexibility index (Phi) is 5.01. The highest BCUT2D eigenvalue weighted by Gasteiger charge is 2.22. The third-order valence-electron chi connectivity index (χ3n) is 3.94. The minimum Gasteiger partial charge on any atom is -0.397 e. The van der Waals surface area contributed by atoms with Crippen LogP contribution in [0.1, 0.15) is 38.2 Å². The normalized spacial score (nSPS) is 22.5. The number of aryl methyl sites for hydroxylation is 1. The van der Waals surface area contributed by atoms with E-state index in [4.69, 9.17) is 10.5 Å². The number of nitrogen functional groups attached to an aromatic ring is 1. The average Bonchev–Trinajstić information content (AvgIpc) is 2.41. The summed E-state index contributed by atoms with van der Waals surface area (Å²) in [5.41, 5.74) is 8.19. The van der Waals surface area contributed by atoms with Crippen LogP contribution in [0.4, 0.5) is 11.4 Å². The predicted octanol–water partition coefficient (Wildman–Crippen LogP) is 3.11. The molecule has 0 aromatic heterocycles. The molecule has 0 saturated heterocycles. The van der Waals surface area contributed by atoms with Gasteiger partial charge < -0.3 is 15.8 Å². The summed E-state index contributed by atoms with van der Waals surface area (Å²) in [7, 11) is 0. The molecule has 2 atom stereocenters. The molecule has 1 aliphatic rings. The molecule has 3 N–H and O–H groups in total. The Hall–Kier alpha value is -1.55. The summed E-state index contributed by atoms with van der Waals surface area (Å²) in [4.78, 5) is 11.9. The number of rotatable bonds is 4. The Morgan fingerprint density at radius 2 is 2.15 bits per heavy atom. The second-order valence-corrected chi connectivity index (χ2v) is 5.75. The van der Waals surface area contributed by atoms with Crippen LogP contribution in [0.3, 0.4) is 0 Å². The van der Waals surface area contributed by atoms with Crippen LogP contribution in [-0.2, 0) is 9.53 Å². The van der Waals surface area contributed by atoms with Gasteiger partial charge in [-0.25, -0.2) is 0 Å². The van der Waals surface area contributed by atoms with Gasteiger partial charge in [-0.1, -0.05) is 25.8 Å². The van der Waals surface area contributed by atoms with E-state index >= 15 is 0 Å². The van der Waals surface area contributed by atoms with Crippen LogP contribution in [0.25, 0.3) is 0 Å². The number of hydrogen-bond acceptors (Lipinski definition) is 3. The van der Waals surface area contributed by atoms with E-state index in [0.29, 0.717) is 17.3 Å². The van der Waals surface area contributed by atoms with Crippen molar-refractivity contribution >= 4 is 17.3 Å². The smallest absolute Gasteiger partial charge is 0.250 e. The van der Waals surface area contributed by atoms with Gasteiger partial charge >= 0.3 is 0 Å². The first-order valence-corrected chi connectivity index (χ1v) is 7.34. The van der Waals surface area contributed by atoms with E-state index in [-0.39, 0.29) is 18.6 Å². The zero-order valence-electron chi connectivity index (χ0n) is 12.3. The van der Waals surface area contributed by atoms with Crippen LogP contribution < -0.4 is 11.1 Å². The fourth-order valence-electron chi connectivity index (χ4n) is 2.69. The van der Waals surface area contributed by atoms with E-state index in [9.17, 15) is 4.79 Å². The monoisotopic (exact) mass is 276 g/mol. The zero-order valence-corrected chi connectivity index (χ0v) is 12.3. The number of hydrogen-bond donors (Lipinski definition) is 2. The second kappa shape index (κ2) is 6.75. The molecule has 1 aliphatic carbocycles. The Morgan fingerprint density at radius 3 is 2.85 bits per heavy atom. The Labute approximate surface area is 120 Å². The van der Waals surface area contributed by atoms with E-state index in [2.05, 4.69) is 12.2 Å².